The molecule has 0 bridgehead atoms. The topological polar surface area (TPSA) is 38.8 Å². The summed E-state index contributed by atoms with van der Waals surface area (Å²) in [4.78, 5) is 13.6. The van der Waals surface area contributed by atoms with Crippen LogP contribution in [0.25, 0.3) is 0 Å². The molecule has 0 radical (unpaired) electrons. The van der Waals surface area contributed by atoms with Crippen molar-refractivity contribution >= 4 is 6.09 Å². The first-order valence-electron chi connectivity index (χ1n) is 5.46. The summed E-state index contributed by atoms with van der Waals surface area (Å²) in [5, 5.41) is 0. The Balaban J connectivity index is 1.88. The molecule has 0 aromatic heterocycles. The van der Waals surface area contributed by atoms with Crippen molar-refractivity contribution in [2.45, 2.75) is 32.8 Å². The van der Waals surface area contributed by atoms with Gasteiger partial charge < -0.3 is 14.4 Å². The number of hydrogen-bond acceptors (Lipinski definition) is 3. The summed E-state index contributed by atoms with van der Waals surface area (Å²) in [5.74, 6) is 0. The highest BCUT2D eigenvalue weighted by Crippen LogP contribution is 2.37. The van der Waals surface area contributed by atoms with E-state index in [1.165, 1.54) is 0 Å². The molecule has 2 rings (SSSR count). The molecule has 15 heavy (non-hydrogen) atoms. The van der Waals surface area contributed by atoms with Crippen molar-refractivity contribution in [1.29, 1.82) is 0 Å². The average Bonchev–Trinajstić information content (AvgIpc) is 2.43. The van der Waals surface area contributed by atoms with Crippen LogP contribution in [0.2, 0.25) is 0 Å². The van der Waals surface area contributed by atoms with E-state index in [0.717, 1.165) is 32.7 Å². The zero-order chi connectivity index (χ0) is 11.1. The summed E-state index contributed by atoms with van der Waals surface area (Å²) < 4.78 is 10.5. The van der Waals surface area contributed by atoms with E-state index in [0.29, 0.717) is 0 Å². The molecule has 1 spiro atoms. The molecule has 4 nitrogen and oxygen atoms in total. The second-order valence-corrected chi connectivity index (χ2v) is 5.64. The quantitative estimate of drug-likeness (QED) is 0.614. The van der Waals surface area contributed by atoms with Gasteiger partial charge in [-0.15, -0.1) is 0 Å². The Labute approximate surface area is 90.5 Å². The van der Waals surface area contributed by atoms with E-state index in [4.69, 9.17) is 9.47 Å². The fourth-order valence-electron chi connectivity index (χ4n) is 2.04. The summed E-state index contributed by atoms with van der Waals surface area (Å²) >= 11 is 0. The highest BCUT2D eigenvalue weighted by Gasteiger charge is 2.46. The molecule has 0 saturated carbocycles. The van der Waals surface area contributed by atoms with Crippen molar-refractivity contribution in [2.24, 2.45) is 5.41 Å². The molecule has 2 fully saturated rings. The molecule has 0 unspecified atom stereocenters. The fraction of sp³-hybridized carbons (Fsp3) is 0.909. The zero-order valence-corrected chi connectivity index (χ0v) is 9.71. The second kappa shape index (κ2) is 3.37. The monoisotopic (exact) mass is 213 g/mol. The van der Waals surface area contributed by atoms with Gasteiger partial charge in [0.25, 0.3) is 0 Å². The lowest BCUT2D eigenvalue weighted by Crippen LogP contribution is -2.46. The molecule has 2 aliphatic rings. The van der Waals surface area contributed by atoms with Gasteiger partial charge in [0.15, 0.2) is 0 Å². The van der Waals surface area contributed by atoms with Gasteiger partial charge in [0.05, 0.1) is 13.2 Å². The molecule has 4 heteroatoms. The van der Waals surface area contributed by atoms with Gasteiger partial charge in [0.1, 0.15) is 5.60 Å². The van der Waals surface area contributed by atoms with E-state index in [-0.39, 0.29) is 11.5 Å². The van der Waals surface area contributed by atoms with Gasteiger partial charge in [0.2, 0.25) is 0 Å². The summed E-state index contributed by atoms with van der Waals surface area (Å²) in [5.41, 5.74) is -0.153. The van der Waals surface area contributed by atoms with Crippen LogP contribution >= 0.6 is 0 Å². The van der Waals surface area contributed by atoms with Gasteiger partial charge in [-0.2, -0.15) is 0 Å². The first-order chi connectivity index (χ1) is 6.90. The number of carbonyl (C=O) groups is 1. The van der Waals surface area contributed by atoms with E-state index in [9.17, 15) is 4.79 Å². The number of amides is 1. The van der Waals surface area contributed by atoms with E-state index in [2.05, 4.69) is 0 Å². The van der Waals surface area contributed by atoms with Gasteiger partial charge in [-0.05, 0) is 27.2 Å². The van der Waals surface area contributed by atoms with Crippen LogP contribution in [0.1, 0.15) is 27.2 Å². The first-order valence-corrected chi connectivity index (χ1v) is 5.46. The number of nitrogens with zero attached hydrogens (tertiary/aromatic N) is 1. The molecule has 0 N–H and O–H groups in total. The van der Waals surface area contributed by atoms with Crippen molar-refractivity contribution in [3.63, 3.8) is 0 Å². The number of rotatable bonds is 0. The Morgan fingerprint density at radius 3 is 2.47 bits per heavy atom. The van der Waals surface area contributed by atoms with Gasteiger partial charge >= 0.3 is 6.09 Å². The maximum Gasteiger partial charge on any atom is 0.410 e. The summed E-state index contributed by atoms with van der Waals surface area (Å²) in [6.07, 6.45) is 0.859. The third-order valence-corrected chi connectivity index (χ3v) is 2.91. The highest BCUT2D eigenvalue weighted by atomic mass is 16.6. The van der Waals surface area contributed by atoms with Crippen molar-refractivity contribution < 1.29 is 14.3 Å². The molecule has 0 aromatic rings. The molecule has 0 aromatic carbocycles. The maximum atomic E-state index is 11.8. The third-order valence-electron chi connectivity index (χ3n) is 2.91. The van der Waals surface area contributed by atoms with Gasteiger partial charge in [0, 0.05) is 18.5 Å². The van der Waals surface area contributed by atoms with E-state index in [1.54, 1.807) is 4.90 Å². The molecule has 2 heterocycles. The smallest absolute Gasteiger partial charge is 0.410 e. The number of likely N-dealkylation sites (tertiary alicyclic amines) is 1. The summed E-state index contributed by atoms with van der Waals surface area (Å²) in [6.45, 7) is 8.87. The molecule has 0 atom stereocenters. The second-order valence-electron chi connectivity index (χ2n) is 5.64. The minimum Gasteiger partial charge on any atom is -0.444 e. The van der Waals surface area contributed by atoms with Gasteiger partial charge in [-0.3, -0.25) is 0 Å². The Bertz CT molecular complexity index is 265. The standard InChI is InChI=1S/C11H19NO3/c1-10(2,3)15-9(13)12-5-4-11(6-12)7-14-8-11/h4-8H2,1-3H3. The summed E-state index contributed by atoms with van der Waals surface area (Å²) in [7, 11) is 0. The Morgan fingerprint density at radius 1 is 1.40 bits per heavy atom. The molecule has 2 saturated heterocycles. The first kappa shape index (κ1) is 10.7. The fourth-order valence-corrected chi connectivity index (χ4v) is 2.04. The van der Waals surface area contributed by atoms with Crippen molar-refractivity contribution in [1.82, 2.24) is 4.90 Å². The van der Waals surface area contributed by atoms with Crippen molar-refractivity contribution in [3.8, 4) is 0 Å². The Morgan fingerprint density at radius 2 is 2.07 bits per heavy atom. The van der Waals surface area contributed by atoms with Crippen molar-refractivity contribution in [3.05, 3.63) is 0 Å². The SMILES string of the molecule is CC(C)(C)OC(=O)N1CCC2(COC2)C1. The van der Waals surface area contributed by atoms with Crippen LogP contribution in [-0.4, -0.2) is 42.9 Å². The van der Waals surface area contributed by atoms with E-state index in [1.807, 2.05) is 20.8 Å². The largest absolute Gasteiger partial charge is 0.444 e. The molecule has 0 aliphatic carbocycles. The molecular formula is C11H19NO3. The molecule has 1 amide bonds. The number of hydrogen-bond donors (Lipinski definition) is 0. The molecule has 86 valence electrons. The van der Waals surface area contributed by atoms with Crippen molar-refractivity contribution in [2.75, 3.05) is 26.3 Å². The van der Waals surface area contributed by atoms with Gasteiger partial charge in [-0.25, -0.2) is 4.79 Å². The van der Waals surface area contributed by atoms with Crippen LogP contribution in [0.3, 0.4) is 0 Å². The normalized spacial score (nSPS) is 24.1. The van der Waals surface area contributed by atoms with Crippen LogP contribution in [0.15, 0.2) is 0 Å². The molecular weight excluding hydrogens is 194 g/mol. The lowest BCUT2D eigenvalue weighted by atomic mass is 9.85. The van der Waals surface area contributed by atoms with Crippen LogP contribution in [-0.2, 0) is 9.47 Å². The van der Waals surface area contributed by atoms with Crippen LogP contribution < -0.4 is 0 Å². The lowest BCUT2D eigenvalue weighted by molar-refractivity contribution is -0.104. The minimum absolute atomic E-state index is 0.189. The highest BCUT2D eigenvalue weighted by molar-refractivity contribution is 5.68. The van der Waals surface area contributed by atoms with Crippen LogP contribution in [0.5, 0.6) is 0 Å². The summed E-state index contributed by atoms with van der Waals surface area (Å²) in [6, 6.07) is 0. The Kier molecular flexibility index (Phi) is 2.41. The lowest BCUT2D eigenvalue weighted by Gasteiger charge is -2.37. The maximum absolute atomic E-state index is 11.8. The van der Waals surface area contributed by atoms with Crippen LogP contribution in [0.4, 0.5) is 4.79 Å². The minimum atomic E-state index is -0.400. The van der Waals surface area contributed by atoms with Gasteiger partial charge in [-0.1, -0.05) is 0 Å². The predicted octanol–water partition coefficient (Wildman–Crippen LogP) is 1.64. The number of ether oxygens (including phenoxy) is 2. The van der Waals surface area contributed by atoms with E-state index < -0.39 is 5.60 Å². The van der Waals surface area contributed by atoms with E-state index >= 15 is 0 Å². The average molecular weight is 213 g/mol. The zero-order valence-electron chi connectivity index (χ0n) is 9.71. The third kappa shape index (κ3) is 2.25. The predicted molar refractivity (Wildman–Crippen MR) is 55.7 cm³/mol. The molecule has 2 aliphatic heterocycles. The van der Waals surface area contributed by atoms with Crippen LogP contribution in [0, 0.1) is 5.41 Å². The number of carbonyl (C=O) groups excluding carboxylic acids is 1. The Hall–Kier alpha value is -0.770.